The molecule has 0 radical (unpaired) electrons. The van der Waals surface area contributed by atoms with Crippen LogP contribution in [0.4, 0.5) is 0 Å². The van der Waals surface area contributed by atoms with E-state index in [1.54, 1.807) is 0 Å². The summed E-state index contributed by atoms with van der Waals surface area (Å²) in [5.41, 5.74) is 0. The van der Waals surface area contributed by atoms with Crippen molar-refractivity contribution in [2.45, 2.75) is 96.1 Å². The maximum absolute atomic E-state index is 11.6. The van der Waals surface area contributed by atoms with E-state index in [2.05, 4.69) is 12.2 Å². The predicted octanol–water partition coefficient (Wildman–Crippen LogP) is 3.55. The van der Waals surface area contributed by atoms with Crippen molar-refractivity contribution in [2.75, 3.05) is 0 Å². The number of rotatable bonds is 11. The minimum Gasteiger partial charge on any atom is -0.393 e. The van der Waals surface area contributed by atoms with Crippen molar-refractivity contribution in [3.8, 4) is 0 Å². The molecule has 1 aliphatic carbocycles. The molecule has 3 heteroatoms. The van der Waals surface area contributed by atoms with Crippen LogP contribution in [0.5, 0.6) is 0 Å². The molecule has 1 fully saturated rings. The zero-order valence-corrected chi connectivity index (χ0v) is 12.5. The van der Waals surface area contributed by atoms with Gasteiger partial charge in [0.25, 0.3) is 0 Å². The second kappa shape index (κ2) is 10.2. The number of carbonyl (C=O) groups is 1. The van der Waals surface area contributed by atoms with Crippen LogP contribution in [0.1, 0.15) is 84.0 Å². The summed E-state index contributed by atoms with van der Waals surface area (Å²) in [6.07, 6.45) is 13.5. The van der Waals surface area contributed by atoms with Crippen LogP contribution < -0.4 is 5.32 Å². The number of nitrogens with one attached hydrogen (secondary N) is 1. The normalized spacial score (nSPS) is 22.0. The van der Waals surface area contributed by atoms with Gasteiger partial charge in [-0.2, -0.15) is 0 Å². The van der Waals surface area contributed by atoms with Crippen LogP contribution in [0.2, 0.25) is 0 Å². The van der Waals surface area contributed by atoms with Crippen molar-refractivity contribution in [3.05, 3.63) is 0 Å². The molecule has 1 rings (SSSR count). The molecule has 0 saturated heterocycles. The van der Waals surface area contributed by atoms with Gasteiger partial charge in [-0.15, -0.1) is 0 Å². The van der Waals surface area contributed by atoms with Gasteiger partial charge in [-0.1, -0.05) is 58.3 Å². The molecule has 0 heterocycles. The monoisotopic (exact) mass is 269 g/mol. The van der Waals surface area contributed by atoms with Crippen LogP contribution in [0.3, 0.4) is 0 Å². The molecule has 0 aromatic heterocycles. The van der Waals surface area contributed by atoms with Crippen LogP contribution in [0, 0.1) is 0 Å². The Kier molecular flexibility index (Phi) is 8.89. The standard InChI is InChI=1S/C16H31NO2/c1-2-3-4-5-6-7-8-9-10-11-16(19)17-14-12-15(18)13-14/h14-15,18H,2-13H2,1H3,(H,17,19). The zero-order chi connectivity index (χ0) is 13.9. The van der Waals surface area contributed by atoms with Crippen molar-refractivity contribution in [3.63, 3.8) is 0 Å². The molecule has 0 unspecified atom stereocenters. The molecule has 2 N–H and O–H groups in total. The van der Waals surface area contributed by atoms with E-state index in [9.17, 15) is 4.79 Å². The predicted molar refractivity (Wildman–Crippen MR) is 79.0 cm³/mol. The summed E-state index contributed by atoms with van der Waals surface area (Å²) in [4.78, 5) is 11.6. The Hall–Kier alpha value is -0.570. The van der Waals surface area contributed by atoms with Gasteiger partial charge < -0.3 is 10.4 Å². The summed E-state index contributed by atoms with van der Waals surface area (Å²) >= 11 is 0. The zero-order valence-electron chi connectivity index (χ0n) is 12.5. The van der Waals surface area contributed by atoms with Crippen molar-refractivity contribution in [1.82, 2.24) is 5.32 Å². The number of unbranched alkanes of at least 4 members (excludes halogenated alkanes) is 8. The molecule has 1 amide bonds. The Morgan fingerprint density at radius 2 is 1.53 bits per heavy atom. The lowest BCUT2D eigenvalue weighted by Gasteiger charge is -2.31. The van der Waals surface area contributed by atoms with Crippen molar-refractivity contribution >= 4 is 5.91 Å². The maximum Gasteiger partial charge on any atom is 0.220 e. The summed E-state index contributed by atoms with van der Waals surface area (Å²) in [6, 6.07) is 0.237. The van der Waals surface area contributed by atoms with Crippen LogP contribution in [-0.2, 0) is 4.79 Å². The Morgan fingerprint density at radius 3 is 2.05 bits per heavy atom. The molecule has 0 aliphatic heterocycles. The van der Waals surface area contributed by atoms with E-state index in [1.165, 1.54) is 51.4 Å². The molecule has 0 spiro atoms. The van der Waals surface area contributed by atoms with Gasteiger partial charge >= 0.3 is 0 Å². The highest BCUT2D eigenvalue weighted by Crippen LogP contribution is 2.19. The second-order valence-corrected chi connectivity index (χ2v) is 5.97. The van der Waals surface area contributed by atoms with E-state index < -0.39 is 0 Å². The highest BCUT2D eigenvalue weighted by atomic mass is 16.3. The van der Waals surface area contributed by atoms with Crippen LogP contribution in [-0.4, -0.2) is 23.2 Å². The molecular formula is C16H31NO2. The molecule has 1 aliphatic rings. The lowest BCUT2D eigenvalue weighted by atomic mass is 9.89. The fourth-order valence-electron chi connectivity index (χ4n) is 2.60. The summed E-state index contributed by atoms with van der Waals surface area (Å²) in [6.45, 7) is 2.25. The number of aliphatic hydroxyl groups is 1. The fraction of sp³-hybridized carbons (Fsp3) is 0.938. The lowest BCUT2D eigenvalue weighted by Crippen LogP contribution is -2.46. The highest BCUT2D eigenvalue weighted by Gasteiger charge is 2.27. The summed E-state index contributed by atoms with van der Waals surface area (Å²) < 4.78 is 0. The van der Waals surface area contributed by atoms with Crippen molar-refractivity contribution in [1.29, 1.82) is 0 Å². The largest absolute Gasteiger partial charge is 0.393 e. The quantitative estimate of drug-likeness (QED) is 0.564. The van der Waals surface area contributed by atoms with Gasteiger partial charge in [-0.3, -0.25) is 4.79 Å². The number of hydrogen-bond donors (Lipinski definition) is 2. The molecule has 0 aromatic carbocycles. The van der Waals surface area contributed by atoms with E-state index in [1.807, 2.05) is 0 Å². The molecule has 112 valence electrons. The Balaban J connectivity index is 1.79. The number of amides is 1. The lowest BCUT2D eigenvalue weighted by molar-refractivity contribution is -0.123. The van der Waals surface area contributed by atoms with Gasteiger partial charge in [0.15, 0.2) is 0 Å². The molecule has 0 aromatic rings. The van der Waals surface area contributed by atoms with Gasteiger partial charge in [-0.05, 0) is 19.3 Å². The Labute approximate surface area is 118 Å². The third kappa shape index (κ3) is 8.25. The number of carbonyl (C=O) groups excluding carboxylic acids is 1. The Morgan fingerprint density at radius 1 is 1.00 bits per heavy atom. The van der Waals surface area contributed by atoms with Crippen LogP contribution in [0.25, 0.3) is 0 Å². The van der Waals surface area contributed by atoms with Crippen LogP contribution in [0.15, 0.2) is 0 Å². The van der Waals surface area contributed by atoms with Gasteiger partial charge in [0.2, 0.25) is 5.91 Å². The fourth-order valence-corrected chi connectivity index (χ4v) is 2.60. The average Bonchev–Trinajstić information content (AvgIpc) is 2.35. The highest BCUT2D eigenvalue weighted by molar-refractivity contribution is 5.76. The van der Waals surface area contributed by atoms with Gasteiger partial charge in [0.05, 0.1) is 6.10 Å². The van der Waals surface area contributed by atoms with Gasteiger partial charge in [0.1, 0.15) is 0 Å². The smallest absolute Gasteiger partial charge is 0.220 e. The molecule has 0 atom stereocenters. The van der Waals surface area contributed by atoms with Crippen molar-refractivity contribution < 1.29 is 9.90 Å². The first-order valence-corrected chi connectivity index (χ1v) is 8.19. The molecule has 0 bridgehead atoms. The first kappa shape index (κ1) is 16.5. The van der Waals surface area contributed by atoms with E-state index in [0.717, 1.165) is 19.3 Å². The average molecular weight is 269 g/mol. The summed E-state index contributed by atoms with van der Waals surface area (Å²) in [5, 5.41) is 12.1. The van der Waals surface area contributed by atoms with E-state index in [0.29, 0.717) is 6.42 Å². The van der Waals surface area contributed by atoms with E-state index in [-0.39, 0.29) is 18.1 Å². The number of hydrogen-bond acceptors (Lipinski definition) is 2. The first-order chi connectivity index (χ1) is 9.22. The molecule has 3 nitrogen and oxygen atoms in total. The summed E-state index contributed by atoms with van der Waals surface area (Å²) in [7, 11) is 0. The first-order valence-electron chi connectivity index (χ1n) is 8.19. The van der Waals surface area contributed by atoms with Crippen LogP contribution >= 0.6 is 0 Å². The van der Waals surface area contributed by atoms with Gasteiger partial charge in [-0.25, -0.2) is 0 Å². The van der Waals surface area contributed by atoms with Crippen molar-refractivity contribution in [2.24, 2.45) is 0 Å². The molecular weight excluding hydrogens is 238 g/mol. The maximum atomic E-state index is 11.6. The Bertz CT molecular complexity index is 237. The summed E-state index contributed by atoms with van der Waals surface area (Å²) in [5.74, 6) is 0.167. The second-order valence-electron chi connectivity index (χ2n) is 5.97. The number of aliphatic hydroxyl groups excluding tert-OH is 1. The third-order valence-electron chi connectivity index (χ3n) is 3.99. The van der Waals surface area contributed by atoms with Gasteiger partial charge in [0, 0.05) is 12.5 Å². The topological polar surface area (TPSA) is 49.3 Å². The SMILES string of the molecule is CCCCCCCCCCCC(=O)NC1CC(O)C1. The minimum atomic E-state index is -0.182. The molecule has 1 saturated carbocycles. The minimum absolute atomic E-state index is 0.167. The molecule has 19 heavy (non-hydrogen) atoms. The third-order valence-corrected chi connectivity index (χ3v) is 3.99. The van der Waals surface area contributed by atoms with E-state index in [4.69, 9.17) is 5.11 Å². The van der Waals surface area contributed by atoms with E-state index >= 15 is 0 Å².